The summed E-state index contributed by atoms with van der Waals surface area (Å²) >= 11 is 0. The van der Waals surface area contributed by atoms with Gasteiger partial charge in [-0.1, -0.05) is 49.7 Å². The molecule has 196 valence electrons. The van der Waals surface area contributed by atoms with Gasteiger partial charge >= 0.3 is 5.97 Å². The number of carbonyl (C=O) groups excluding carboxylic acids is 1. The fourth-order valence-electron chi connectivity index (χ4n) is 4.83. The molecular weight excluding hydrogens is 478 g/mol. The summed E-state index contributed by atoms with van der Waals surface area (Å²) in [5.41, 5.74) is 5.20. The first-order chi connectivity index (χ1) is 18.7. The lowest BCUT2D eigenvalue weighted by molar-refractivity contribution is -0.143. The molecule has 6 heteroatoms. The number of aromatic nitrogens is 1. The highest BCUT2D eigenvalue weighted by atomic mass is 16.5. The molecule has 0 spiro atoms. The van der Waals surface area contributed by atoms with Crippen molar-refractivity contribution in [3.8, 4) is 22.6 Å². The maximum absolute atomic E-state index is 11.9. The number of aryl methyl sites for hydroxylation is 1. The van der Waals surface area contributed by atoms with Crippen LogP contribution < -0.4 is 9.47 Å². The fraction of sp³-hybridized carbons (Fsp3) is 0.281. The van der Waals surface area contributed by atoms with Crippen molar-refractivity contribution in [3.05, 3.63) is 84.8 Å². The molecule has 5 aromatic rings. The van der Waals surface area contributed by atoms with Crippen LogP contribution in [-0.4, -0.2) is 30.4 Å². The Labute approximate surface area is 222 Å². The second-order valence-corrected chi connectivity index (χ2v) is 9.17. The van der Waals surface area contributed by atoms with Gasteiger partial charge in [-0.25, -0.2) is 0 Å². The minimum Gasteiger partial charge on any atom is -0.493 e. The Morgan fingerprint density at radius 1 is 0.868 bits per heavy atom. The van der Waals surface area contributed by atoms with Crippen molar-refractivity contribution >= 4 is 27.8 Å². The second-order valence-electron chi connectivity index (χ2n) is 9.17. The zero-order chi connectivity index (χ0) is 26.3. The number of ether oxygens (including phenoxy) is 3. The summed E-state index contributed by atoms with van der Waals surface area (Å²) in [7, 11) is 0. The van der Waals surface area contributed by atoms with Crippen LogP contribution in [0, 0.1) is 0 Å². The summed E-state index contributed by atoms with van der Waals surface area (Å²) in [5.74, 6) is 1.41. The number of hydrogen-bond acceptors (Lipinski definition) is 5. The van der Waals surface area contributed by atoms with E-state index in [0.717, 1.165) is 69.3 Å². The molecule has 6 nitrogen and oxygen atoms in total. The molecule has 0 saturated heterocycles. The normalized spacial score (nSPS) is 11.2. The molecule has 0 aliphatic rings. The topological polar surface area (TPSA) is 62.8 Å². The largest absolute Gasteiger partial charge is 0.493 e. The second kappa shape index (κ2) is 11.9. The first-order valence-electron chi connectivity index (χ1n) is 13.3. The summed E-state index contributed by atoms with van der Waals surface area (Å²) in [6.45, 7) is 5.59. The summed E-state index contributed by atoms with van der Waals surface area (Å²) in [4.78, 5) is 11.9. The molecule has 0 fully saturated rings. The predicted molar refractivity (Wildman–Crippen MR) is 150 cm³/mol. The number of furan rings is 1. The van der Waals surface area contributed by atoms with Crippen molar-refractivity contribution in [3.63, 3.8) is 0 Å². The number of carbonyl (C=O) groups is 1. The van der Waals surface area contributed by atoms with Crippen LogP contribution in [0.3, 0.4) is 0 Å². The smallest absolute Gasteiger partial charge is 0.325 e. The van der Waals surface area contributed by atoms with Crippen LogP contribution in [0.1, 0.15) is 32.3 Å². The standard InChI is InChI=1S/C32H33NO5/c1-3-10-26-30(16-15-24-27(22-38-32(24)26)23-11-6-5-7-12-23)37-20-9-19-36-29-14-8-13-28-25(29)17-18-33(28)21-31(34)35-4-2/h5-8,11-18,22H,3-4,9-10,19-21H2,1-2H3. The first-order valence-corrected chi connectivity index (χ1v) is 13.3. The van der Waals surface area contributed by atoms with Gasteiger partial charge in [0.15, 0.2) is 0 Å². The third-order valence-corrected chi connectivity index (χ3v) is 6.57. The summed E-state index contributed by atoms with van der Waals surface area (Å²) < 4.78 is 25.3. The van der Waals surface area contributed by atoms with E-state index in [2.05, 4.69) is 31.2 Å². The minimum atomic E-state index is -0.250. The molecular formula is C32H33NO5. The summed E-state index contributed by atoms with van der Waals surface area (Å²) in [6.07, 6.45) is 6.35. The molecule has 3 aromatic carbocycles. The van der Waals surface area contributed by atoms with E-state index in [4.69, 9.17) is 18.6 Å². The highest BCUT2D eigenvalue weighted by molar-refractivity contribution is 5.96. The lowest BCUT2D eigenvalue weighted by Gasteiger charge is -2.13. The van der Waals surface area contributed by atoms with Gasteiger partial charge in [0.25, 0.3) is 0 Å². The Morgan fingerprint density at radius 2 is 1.68 bits per heavy atom. The molecule has 2 aromatic heterocycles. The van der Waals surface area contributed by atoms with Gasteiger partial charge in [-0.05, 0) is 49.2 Å². The van der Waals surface area contributed by atoms with Gasteiger partial charge in [-0.3, -0.25) is 4.79 Å². The van der Waals surface area contributed by atoms with Gasteiger partial charge in [0.2, 0.25) is 0 Å². The fourth-order valence-corrected chi connectivity index (χ4v) is 4.83. The number of nitrogens with zero attached hydrogens (tertiary/aromatic N) is 1. The van der Waals surface area contributed by atoms with Crippen molar-refractivity contribution in [1.82, 2.24) is 4.57 Å². The maximum Gasteiger partial charge on any atom is 0.325 e. The zero-order valence-electron chi connectivity index (χ0n) is 21.9. The van der Waals surface area contributed by atoms with Crippen LogP contribution in [0.15, 0.2) is 83.6 Å². The summed E-state index contributed by atoms with van der Waals surface area (Å²) in [6, 6.07) is 22.3. The van der Waals surface area contributed by atoms with Gasteiger partial charge in [-0.15, -0.1) is 0 Å². The molecule has 0 unspecified atom stereocenters. The third-order valence-electron chi connectivity index (χ3n) is 6.57. The average Bonchev–Trinajstić information content (AvgIpc) is 3.55. The summed E-state index contributed by atoms with van der Waals surface area (Å²) in [5, 5.41) is 2.08. The van der Waals surface area contributed by atoms with E-state index in [0.29, 0.717) is 19.8 Å². The lowest BCUT2D eigenvalue weighted by Crippen LogP contribution is -2.12. The Bertz CT molecular complexity index is 1520. The maximum atomic E-state index is 11.9. The van der Waals surface area contributed by atoms with Crippen LogP contribution in [0.5, 0.6) is 11.5 Å². The van der Waals surface area contributed by atoms with E-state index >= 15 is 0 Å². The quantitative estimate of drug-likeness (QED) is 0.129. The molecule has 0 saturated carbocycles. The van der Waals surface area contributed by atoms with Gasteiger partial charge in [0.05, 0.1) is 31.6 Å². The van der Waals surface area contributed by atoms with Crippen LogP contribution in [-0.2, 0) is 22.5 Å². The van der Waals surface area contributed by atoms with E-state index in [1.54, 1.807) is 0 Å². The zero-order valence-corrected chi connectivity index (χ0v) is 21.9. The molecule has 0 amide bonds. The number of fused-ring (bicyclic) bond motifs is 2. The number of hydrogen-bond donors (Lipinski definition) is 0. The first kappa shape index (κ1) is 25.5. The third kappa shape index (κ3) is 5.40. The Kier molecular flexibility index (Phi) is 7.98. The molecule has 0 bridgehead atoms. The van der Waals surface area contributed by atoms with Crippen LogP contribution >= 0.6 is 0 Å². The van der Waals surface area contributed by atoms with E-state index in [1.165, 1.54) is 0 Å². The molecule has 0 N–H and O–H groups in total. The molecule has 2 heterocycles. The Hall–Kier alpha value is -4.19. The van der Waals surface area contributed by atoms with Gasteiger partial charge in [0, 0.05) is 34.5 Å². The highest BCUT2D eigenvalue weighted by Gasteiger charge is 2.16. The van der Waals surface area contributed by atoms with Crippen LogP contribution in [0.4, 0.5) is 0 Å². The number of esters is 1. The van der Waals surface area contributed by atoms with Crippen LogP contribution in [0.2, 0.25) is 0 Å². The van der Waals surface area contributed by atoms with E-state index in [-0.39, 0.29) is 12.5 Å². The van der Waals surface area contributed by atoms with Crippen molar-refractivity contribution in [2.45, 2.75) is 39.7 Å². The molecule has 0 radical (unpaired) electrons. The molecule has 0 aliphatic carbocycles. The van der Waals surface area contributed by atoms with Crippen LogP contribution in [0.25, 0.3) is 33.0 Å². The van der Waals surface area contributed by atoms with Gasteiger partial charge in [-0.2, -0.15) is 0 Å². The van der Waals surface area contributed by atoms with E-state index in [1.807, 2.05) is 66.4 Å². The molecule has 0 aliphatic heterocycles. The van der Waals surface area contributed by atoms with Gasteiger partial charge in [0.1, 0.15) is 23.6 Å². The SMILES string of the molecule is CCCc1c(OCCCOc2cccc3c2ccn3CC(=O)OCC)ccc2c(-c3ccccc3)coc12. The van der Waals surface area contributed by atoms with Crippen molar-refractivity contribution in [2.24, 2.45) is 0 Å². The number of benzene rings is 3. The lowest BCUT2D eigenvalue weighted by atomic mass is 10.0. The molecule has 0 atom stereocenters. The number of rotatable bonds is 12. The van der Waals surface area contributed by atoms with E-state index < -0.39 is 0 Å². The molecule has 5 rings (SSSR count). The average molecular weight is 512 g/mol. The van der Waals surface area contributed by atoms with Gasteiger partial charge < -0.3 is 23.2 Å². The highest BCUT2D eigenvalue weighted by Crippen LogP contribution is 2.37. The van der Waals surface area contributed by atoms with Crippen molar-refractivity contribution in [2.75, 3.05) is 19.8 Å². The van der Waals surface area contributed by atoms with Crippen molar-refractivity contribution in [1.29, 1.82) is 0 Å². The Balaban J connectivity index is 1.22. The van der Waals surface area contributed by atoms with E-state index in [9.17, 15) is 4.79 Å². The minimum absolute atomic E-state index is 0.182. The van der Waals surface area contributed by atoms with Crippen molar-refractivity contribution < 1.29 is 23.4 Å². The Morgan fingerprint density at radius 3 is 2.47 bits per heavy atom. The molecule has 38 heavy (non-hydrogen) atoms. The predicted octanol–water partition coefficient (Wildman–Crippen LogP) is 7.42. The monoisotopic (exact) mass is 511 g/mol.